The van der Waals surface area contributed by atoms with E-state index in [0.717, 1.165) is 12.8 Å². The van der Waals surface area contributed by atoms with Crippen LogP contribution in [-0.2, 0) is 24.0 Å². The molecular formula is C20H35N3O7. The highest BCUT2D eigenvalue weighted by molar-refractivity contribution is 5.85. The maximum absolute atomic E-state index is 11.4. The Balaban J connectivity index is 2.68. The topological polar surface area (TPSA) is 159 Å². The molecule has 10 heteroatoms. The van der Waals surface area contributed by atoms with E-state index in [0.29, 0.717) is 31.6 Å². The predicted molar refractivity (Wildman–Crippen MR) is 111 cm³/mol. The summed E-state index contributed by atoms with van der Waals surface area (Å²) in [6, 6.07) is -0.603. The highest BCUT2D eigenvalue weighted by atomic mass is 17.2. The van der Waals surface area contributed by atoms with Crippen LogP contribution < -0.4 is 11.5 Å². The summed E-state index contributed by atoms with van der Waals surface area (Å²) in [4.78, 5) is 25.5. The fourth-order valence-corrected chi connectivity index (χ4v) is 3.21. The van der Waals surface area contributed by atoms with Crippen molar-refractivity contribution in [2.45, 2.75) is 70.3 Å². The van der Waals surface area contributed by atoms with Crippen LogP contribution in [0, 0.1) is 5.92 Å². The number of rotatable bonds is 14. The number of guanidine groups is 1. The molecular weight excluding hydrogens is 394 g/mol. The Morgan fingerprint density at radius 1 is 1.40 bits per heavy atom. The van der Waals surface area contributed by atoms with Crippen molar-refractivity contribution in [2.24, 2.45) is 22.4 Å². The van der Waals surface area contributed by atoms with E-state index in [1.165, 1.54) is 13.2 Å². The molecule has 0 aliphatic carbocycles. The lowest BCUT2D eigenvalue weighted by molar-refractivity contribution is -0.263. The highest BCUT2D eigenvalue weighted by Gasteiger charge is 2.41. The van der Waals surface area contributed by atoms with Gasteiger partial charge in [0.2, 0.25) is 5.76 Å². The molecule has 0 saturated heterocycles. The van der Waals surface area contributed by atoms with Gasteiger partial charge in [-0.3, -0.25) is 0 Å². The smallest absolute Gasteiger partial charge is 0.370 e. The van der Waals surface area contributed by atoms with Gasteiger partial charge in [-0.25, -0.2) is 9.79 Å². The molecule has 0 unspecified atom stereocenters. The van der Waals surface area contributed by atoms with Crippen molar-refractivity contribution in [1.82, 2.24) is 0 Å². The quantitative estimate of drug-likeness (QED) is 0.0800. The number of aliphatic carboxylic acids is 1. The van der Waals surface area contributed by atoms with Crippen LogP contribution in [-0.4, -0.2) is 60.2 Å². The molecule has 0 aromatic rings. The first kappa shape index (κ1) is 25.7. The standard InChI is InChI=1S/C20H35N3O7/c1-5-10-28-30-12(2)8-6-7-9-15(24)18(27-4)17-13(3)14(23-20(21)22)11-16(29-17)19(25)26/h11,13-15,17-18,24H,2,5-10H2,1,3-4H3,(H,25,26)(H4,21,22,23)/t13-,14+,15-,17-,18-/m1/s1. The van der Waals surface area contributed by atoms with Crippen LogP contribution in [0.2, 0.25) is 0 Å². The Kier molecular flexibility index (Phi) is 11.2. The normalized spacial score (nSPS) is 22.9. The number of nitrogens with two attached hydrogens (primary N) is 2. The lowest BCUT2D eigenvalue weighted by Gasteiger charge is -2.38. The molecule has 0 bridgehead atoms. The van der Waals surface area contributed by atoms with E-state index in [1.54, 1.807) is 0 Å². The zero-order chi connectivity index (χ0) is 22.7. The number of aliphatic hydroxyl groups excluding tert-OH is 1. The summed E-state index contributed by atoms with van der Waals surface area (Å²) in [6.45, 7) is 8.08. The van der Waals surface area contributed by atoms with Crippen molar-refractivity contribution in [3.8, 4) is 0 Å². The molecule has 0 fully saturated rings. The average Bonchev–Trinajstić information content (AvgIpc) is 2.68. The van der Waals surface area contributed by atoms with Crippen LogP contribution in [0.4, 0.5) is 0 Å². The van der Waals surface area contributed by atoms with E-state index >= 15 is 0 Å². The van der Waals surface area contributed by atoms with E-state index in [1.807, 2.05) is 13.8 Å². The SMILES string of the molecule is C=C(CCCC[C@@H](O)[C@@H](OC)[C@@H]1OC(C(=O)O)=C[C@H](N=C(N)N)[C@H]1C)OOCCC. The molecule has 1 aliphatic rings. The number of nitrogens with zero attached hydrogens (tertiary/aromatic N) is 1. The number of hydrogen-bond acceptors (Lipinski definition) is 7. The summed E-state index contributed by atoms with van der Waals surface area (Å²) >= 11 is 0. The van der Waals surface area contributed by atoms with Crippen LogP contribution in [0.15, 0.2) is 29.2 Å². The fourth-order valence-electron chi connectivity index (χ4n) is 3.21. The molecule has 0 spiro atoms. The lowest BCUT2D eigenvalue weighted by Crippen LogP contribution is -2.49. The number of aliphatic imine (C=N–C) groups is 1. The summed E-state index contributed by atoms with van der Waals surface area (Å²) < 4.78 is 11.1. The molecule has 30 heavy (non-hydrogen) atoms. The van der Waals surface area contributed by atoms with Crippen molar-refractivity contribution >= 4 is 11.9 Å². The third-order valence-electron chi connectivity index (χ3n) is 4.80. The first-order valence-electron chi connectivity index (χ1n) is 10.1. The van der Waals surface area contributed by atoms with E-state index in [9.17, 15) is 15.0 Å². The molecule has 1 heterocycles. The third-order valence-corrected chi connectivity index (χ3v) is 4.80. The van der Waals surface area contributed by atoms with Gasteiger partial charge in [0.1, 0.15) is 18.0 Å². The second kappa shape index (κ2) is 13.1. The zero-order valence-corrected chi connectivity index (χ0v) is 18.0. The summed E-state index contributed by atoms with van der Waals surface area (Å²) in [5.74, 6) is -1.47. The van der Waals surface area contributed by atoms with E-state index in [4.69, 9.17) is 30.7 Å². The highest BCUT2D eigenvalue weighted by Crippen LogP contribution is 2.31. The van der Waals surface area contributed by atoms with Gasteiger partial charge in [0, 0.05) is 19.4 Å². The molecule has 10 nitrogen and oxygen atoms in total. The number of methoxy groups -OCH3 is 1. The molecule has 1 aliphatic heterocycles. The van der Waals surface area contributed by atoms with Crippen molar-refractivity contribution in [2.75, 3.05) is 13.7 Å². The number of carboxylic acids is 1. The van der Waals surface area contributed by atoms with E-state index < -0.39 is 30.3 Å². The maximum Gasteiger partial charge on any atom is 0.370 e. The van der Waals surface area contributed by atoms with Gasteiger partial charge < -0.3 is 36.0 Å². The molecule has 0 aromatic heterocycles. The Labute approximate surface area is 177 Å². The molecule has 5 atom stereocenters. The Morgan fingerprint density at radius 3 is 2.67 bits per heavy atom. The lowest BCUT2D eigenvalue weighted by atomic mass is 9.86. The first-order chi connectivity index (χ1) is 14.2. The minimum atomic E-state index is -1.24. The number of aliphatic hydroxyl groups is 1. The van der Waals surface area contributed by atoms with E-state index in [-0.39, 0.29) is 17.6 Å². The average molecular weight is 430 g/mol. The van der Waals surface area contributed by atoms with E-state index in [2.05, 4.69) is 11.6 Å². The van der Waals surface area contributed by atoms with Gasteiger partial charge in [0.05, 0.1) is 18.8 Å². The minimum Gasteiger partial charge on any atom is -0.480 e. The summed E-state index contributed by atoms with van der Waals surface area (Å²) in [7, 11) is 1.44. The fraction of sp³-hybridized carbons (Fsp3) is 0.700. The molecule has 172 valence electrons. The zero-order valence-electron chi connectivity index (χ0n) is 18.0. The van der Waals surface area contributed by atoms with Gasteiger partial charge in [-0.15, -0.1) is 0 Å². The molecule has 1 rings (SSSR count). The Morgan fingerprint density at radius 2 is 2.10 bits per heavy atom. The summed E-state index contributed by atoms with van der Waals surface area (Å²) in [5, 5.41) is 20.0. The summed E-state index contributed by atoms with van der Waals surface area (Å²) in [6.07, 6.45) is 2.27. The van der Waals surface area contributed by atoms with Gasteiger partial charge in [0.25, 0.3) is 0 Å². The number of carbonyl (C=O) groups is 1. The van der Waals surface area contributed by atoms with Crippen LogP contribution in [0.25, 0.3) is 0 Å². The molecule has 0 aromatic carbocycles. The minimum absolute atomic E-state index is 0.159. The van der Waals surface area contributed by atoms with Gasteiger partial charge in [-0.05, 0) is 25.3 Å². The molecule has 0 radical (unpaired) electrons. The number of allylic oxidation sites excluding steroid dienone is 1. The number of ether oxygens (including phenoxy) is 2. The Bertz CT molecular complexity index is 620. The number of carboxylic acid groups (broad SMARTS) is 1. The van der Waals surface area contributed by atoms with Crippen molar-refractivity contribution in [3.05, 3.63) is 24.2 Å². The number of hydrogen-bond donors (Lipinski definition) is 4. The monoisotopic (exact) mass is 429 g/mol. The van der Waals surface area contributed by atoms with Crippen molar-refractivity contribution in [1.29, 1.82) is 0 Å². The second-order valence-corrected chi connectivity index (χ2v) is 7.28. The van der Waals surface area contributed by atoms with Crippen molar-refractivity contribution < 1.29 is 34.3 Å². The third kappa shape index (κ3) is 8.21. The summed E-state index contributed by atoms with van der Waals surface area (Å²) in [5.41, 5.74) is 10.9. The van der Waals surface area contributed by atoms with Crippen molar-refractivity contribution in [3.63, 3.8) is 0 Å². The first-order valence-corrected chi connectivity index (χ1v) is 10.1. The van der Waals surface area contributed by atoms with Crippen LogP contribution in [0.1, 0.15) is 46.0 Å². The van der Waals surface area contributed by atoms with Gasteiger partial charge in [-0.1, -0.05) is 26.8 Å². The molecule has 0 saturated carbocycles. The van der Waals surface area contributed by atoms with Gasteiger partial charge in [-0.2, -0.15) is 4.89 Å². The Hall–Kier alpha value is -2.30. The van der Waals surface area contributed by atoms with Gasteiger partial charge >= 0.3 is 5.97 Å². The predicted octanol–water partition coefficient (Wildman–Crippen LogP) is 1.44. The molecule has 6 N–H and O–H groups in total. The van der Waals surface area contributed by atoms with Crippen LogP contribution in [0.3, 0.4) is 0 Å². The van der Waals surface area contributed by atoms with Crippen LogP contribution >= 0.6 is 0 Å². The maximum atomic E-state index is 11.4. The second-order valence-electron chi connectivity index (χ2n) is 7.28. The largest absolute Gasteiger partial charge is 0.480 e. The van der Waals surface area contributed by atoms with Gasteiger partial charge in [0.15, 0.2) is 5.96 Å². The number of unbranched alkanes of at least 4 members (excludes halogenated alkanes) is 1. The molecule has 0 amide bonds. The van der Waals surface area contributed by atoms with Crippen LogP contribution in [0.5, 0.6) is 0 Å².